The Labute approximate surface area is 155 Å². The maximum atomic E-state index is 10.5. The molecule has 0 radical (unpaired) electrons. The van der Waals surface area contributed by atoms with E-state index in [0.717, 1.165) is 25.7 Å². The quantitative estimate of drug-likeness (QED) is 0.341. The zero-order chi connectivity index (χ0) is 18.9. The molecule has 2 nitrogen and oxygen atoms in total. The Morgan fingerprint density at radius 2 is 1.56 bits per heavy atom. The van der Waals surface area contributed by atoms with Crippen LogP contribution in [0.25, 0.3) is 0 Å². The van der Waals surface area contributed by atoms with Gasteiger partial charge >= 0.3 is 0 Å². The molecule has 0 bridgehead atoms. The molecule has 0 aromatic heterocycles. The Morgan fingerprint density at radius 3 is 2.20 bits per heavy atom. The second kappa shape index (κ2) is 9.99. The smallest absolute Gasteiger partial charge is 0.293 e. The topological polar surface area (TPSA) is 26.3 Å². The minimum atomic E-state index is -0.342. The molecule has 0 fully saturated rings. The number of aryl methyl sites for hydroxylation is 3. The average molecular weight is 347 g/mol. The number of rotatable bonds is 11. The lowest BCUT2D eigenvalue weighted by atomic mass is 9.89. The van der Waals surface area contributed by atoms with Crippen molar-refractivity contribution in [3.05, 3.63) is 34.9 Å². The highest BCUT2D eigenvalue weighted by molar-refractivity contribution is 5.38. The molecule has 0 aliphatic heterocycles. The number of carbonyl (C=O) groups excluding carboxylic acids is 1. The van der Waals surface area contributed by atoms with Gasteiger partial charge in [-0.1, -0.05) is 45.4 Å². The van der Waals surface area contributed by atoms with Crippen LogP contribution >= 0.6 is 0 Å². The second-order valence-corrected chi connectivity index (χ2v) is 9.21. The molecule has 0 amide bonds. The van der Waals surface area contributed by atoms with E-state index in [1.807, 2.05) is 13.8 Å². The van der Waals surface area contributed by atoms with E-state index < -0.39 is 0 Å². The van der Waals surface area contributed by atoms with E-state index in [2.05, 4.69) is 45.9 Å². The second-order valence-electron chi connectivity index (χ2n) is 9.21. The summed E-state index contributed by atoms with van der Waals surface area (Å²) in [4.78, 5) is 10.5. The fraction of sp³-hybridized carbons (Fsp3) is 0.696. The van der Waals surface area contributed by atoms with E-state index >= 15 is 0 Å². The highest BCUT2D eigenvalue weighted by atomic mass is 16.5. The van der Waals surface area contributed by atoms with Crippen molar-refractivity contribution in [2.75, 3.05) is 0 Å². The first-order valence-corrected chi connectivity index (χ1v) is 9.83. The van der Waals surface area contributed by atoms with Gasteiger partial charge in [0.1, 0.15) is 5.60 Å². The van der Waals surface area contributed by atoms with E-state index in [0.29, 0.717) is 11.9 Å². The fourth-order valence-corrected chi connectivity index (χ4v) is 3.19. The highest BCUT2D eigenvalue weighted by Gasteiger charge is 2.17. The predicted molar refractivity (Wildman–Crippen MR) is 107 cm³/mol. The first kappa shape index (κ1) is 21.7. The molecule has 0 spiro atoms. The largest absolute Gasteiger partial charge is 0.462 e. The van der Waals surface area contributed by atoms with Crippen LogP contribution in [0.5, 0.6) is 0 Å². The van der Waals surface area contributed by atoms with Gasteiger partial charge in [-0.05, 0) is 87.8 Å². The van der Waals surface area contributed by atoms with Crippen molar-refractivity contribution in [3.63, 3.8) is 0 Å². The number of ether oxygens (including phenoxy) is 1. The summed E-state index contributed by atoms with van der Waals surface area (Å²) < 4.78 is 5.12. The third-order valence-electron chi connectivity index (χ3n) is 4.90. The maximum absolute atomic E-state index is 10.5. The molecule has 0 aliphatic rings. The van der Waals surface area contributed by atoms with Gasteiger partial charge in [0.15, 0.2) is 0 Å². The zero-order valence-corrected chi connectivity index (χ0v) is 17.3. The molecule has 0 heterocycles. The maximum Gasteiger partial charge on any atom is 0.293 e. The number of unbranched alkanes of at least 4 members (excludes halogenated alkanes) is 2. The standard InChI is InChI=1S/C23H38O2/c1-19-13-14-20(11-7-9-15-22(2,3)4)17-21(19)12-8-10-16-23(5,6)25-18-24/h13-14,17-18H,7-12,15-16H2,1-6H3. The van der Waals surface area contributed by atoms with Gasteiger partial charge in [-0.15, -0.1) is 0 Å². The third-order valence-corrected chi connectivity index (χ3v) is 4.90. The van der Waals surface area contributed by atoms with Crippen LogP contribution in [-0.4, -0.2) is 12.1 Å². The summed E-state index contributed by atoms with van der Waals surface area (Å²) in [5, 5.41) is 0. The van der Waals surface area contributed by atoms with Crippen molar-refractivity contribution in [1.29, 1.82) is 0 Å². The van der Waals surface area contributed by atoms with E-state index in [9.17, 15) is 4.79 Å². The molecule has 0 N–H and O–H groups in total. The summed E-state index contributed by atoms with van der Waals surface area (Å²) >= 11 is 0. The summed E-state index contributed by atoms with van der Waals surface area (Å²) in [6.45, 7) is 13.7. The number of hydrogen-bond donors (Lipinski definition) is 0. The molecule has 0 saturated heterocycles. The van der Waals surface area contributed by atoms with Crippen LogP contribution in [0.4, 0.5) is 0 Å². The summed E-state index contributed by atoms with van der Waals surface area (Å²) in [6.07, 6.45) is 9.30. The predicted octanol–water partition coefficient (Wildman–Crippen LogP) is 6.42. The summed E-state index contributed by atoms with van der Waals surface area (Å²) in [5.41, 5.74) is 4.44. The molecule has 0 unspecified atom stereocenters. The number of benzene rings is 1. The van der Waals surface area contributed by atoms with Gasteiger partial charge in [-0.3, -0.25) is 4.79 Å². The fourth-order valence-electron chi connectivity index (χ4n) is 3.19. The molecule has 1 aromatic rings. The zero-order valence-electron chi connectivity index (χ0n) is 17.3. The van der Waals surface area contributed by atoms with Crippen molar-refractivity contribution in [2.45, 2.75) is 98.5 Å². The van der Waals surface area contributed by atoms with Crippen LogP contribution in [0.1, 0.15) is 89.8 Å². The third kappa shape index (κ3) is 9.67. The molecule has 1 aromatic carbocycles. The Hall–Kier alpha value is -1.31. The first-order chi connectivity index (χ1) is 11.6. The van der Waals surface area contributed by atoms with E-state index in [1.54, 1.807) is 0 Å². The molecule has 0 aliphatic carbocycles. The van der Waals surface area contributed by atoms with E-state index in [-0.39, 0.29) is 5.60 Å². The van der Waals surface area contributed by atoms with E-state index in [4.69, 9.17) is 4.74 Å². The van der Waals surface area contributed by atoms with Gasteiger partial charge < -0.3 is 4.74 Å². The molecule has 25 heavy (non-hydrogen) atoms. The normalized spacial score (nSPS) is 12.2. The van der Waals surface area contributed by atoms with Gasteiger partial charge in [0.25, 0.3) is 6.47 Å². The van der Waals surface area contributed by atoms with Crippen LogP contribution in [0.15, 0.2) is 18.2 Å². The average Bonchev–Trinajstić information content (AvgIpc) is 2.49. The van der Waals surface area contributed by atoms with Crippen molar-refractivity contribution >= 4 is 6.47 Å². The first-order valence-electron chi connectivity index (χ1n) is 9.83. The van der Waals surface area contributed by atoms with Crippen molar-refractivity contribution in [2.24, 2.45) is 5.41 Å². The Morgan fingerprint density at radius 1 is 0.920 bits per heavy atom. The molecule has 0 atom stereocenters. The van der Waals surface area contributed by atoms with Crippen molar-refractivity contribution < 1.29 is 9.53 Å². The Balaban J connectivity index is 2.43. The minimum Gasteiger partial charge on any atom is -0.462 e. The molecule has 142 valence electrons. The van der Waals surface area contributed by atoms with Crippen LogP contribution in [0.2, 0.25) is 0 Å². The van der Waals surface area contributed by atoms with Crippen LogP contribution in [0, 0.1) is 12.3 Å². The van der Waals surface area contributed by atoms with E-state index in [1.165, 1.54) is 42.4 Å². The van der Waals surface area contributed by atoms with Gasteiger partial charge in [0.05, 0.1) is 0 Å². The lowest BCUT2D eigenvalue weighted by Crippen LogP contribution is -2.23. The Kier molecular flexibility index (Phi) is 8.68. The van der Waals surface area contributed by atoms with Crippen molar-refractivity contribution in [3.8, 4) is 0 Å². The minimum absolute atomic E-state index is 0.342. The van der Waals surface area contributed by atoms with Crippen molar-refractivity contribution in [1.82, 2.24) is 0 Å². The SMILES string of the molecule is Cc1ccc(CCCCC(C)(C)C)cc1CCCCC(C)(C)OC=O. The Bertz CT molecular complexity index is 523. The molecular formula is C23H38O2. The van der Waals surface area contributed by atoms with Gasteiger partial charge in [0, 0.05) is 0 Å². The monoisotopic (exact) mass is 346 g/mol. The summed E-state index contributed by atoms with van der Waals surface area (Å²) in [7, 11) is 0. The van der Waals surface area contributed by atoms with Crippen LogP contribution in [-0.2, 0) is 22.4 Å². The van der Waals surface area contributed by atoms with Gasteiger partial charge in [0.2, 0.25) is 0 Å². The lowest BCUT2D eigenvalue weighted by molar-refractivity contribution is -0.140. The lowest BCUT2D eigenvalue weighted by Gasteiger charge is -2.22. The molecule has 1 rings (SSSR count). The summed E-state index contributed by atoms with van der Waals surface area (Å²) in [6, 6.07) is 6.96. The molecule has 0 saturated carbocycles. The van der Waals surface area contributed by atoms with Gasteiger partial charge in [-0.2, -0.15) is 0 Å². The molecular weight excluding hydrogens is 308 g/mol. The highest BCUT2D eigenvalue weighted by Crippen LogP contribution is 2.23. The number of hydrogen-bond acceptors (Lipinski definition) is 2. The van der Waals surface area contributed by atoms with Crippen LogP contribution < -0.4 is 0 Å². The summed E-state index contributed by atoms with van der Waals surface area (Å²) in [5.74, 6) is 0. The number of carbonyl (C=O) groups is 1. The van der Waals surface area contributed by atoms with Gasteiger partial charge in [-0.25, -0.2) is 0 Å². The molecule has 2 heteroatoms. The van der Waals surface area contributed by atoms with Crippen LogP contribution in [0.3, 0.4) is 0 Å².